The van der Waals surface area contributed by atoms with Crippen LogP contribution in [0.2, 0.25) is 0 Å². The summed E-state index contributed by atoms with van der Waals surface area (Å²) in [6.07, 6.45) is 0.840. The third-order valence-electron chi connectivity index (χ3n) is 5.87. The SMILES string of the molecule is Cc1ccccc1C(=O)NCc1nc2ccccc2n1CCCOc1cccc(C)c1C. The largest absolute Gasteiger partial charge is 0.493 e. The molecule has 32 heavy (non-hydrogen) atoms. The number of amides is 1. The molecule has 3 aromatic carbocycles. The Kier molecular flexibility index (Phi) is 6.55. The van der Waals surface area contributed by atoms with Crippen LogP contribution in [-0.2, 0) is 13.1 Å². The van der Waals surface area contributed by atoms with Gasteiger partial charge in [-0.1, -0.05) is 42.5 Å². The second-order valence-electron chi connectivity index (χ2n) is 8.07. The molecule has 5 heteroatoms. The molecule has 1 N–H and O–H groups in total. The monoisotopic (exact) mass is 427 g/mol. The molecular formula is C27H29N3O2. The summed E-state index contributed by atoms with van der Waals surface area (Å²) in [6, 6.07) is 21.8. The molecule has 0 aliphatic heterocycles. The molecule has 1 aromatic heterocycles. The topological polar surface area (TPSA) is 56.2 Å². The quantitative estimate of drug-likeness (QED) is 0.385. The molecule has 0 saturated heterocycles. The first-order valence-electron chi connectivity index (χ1n) is 11.0. The first kappa shape index (κ1) is 21.6. The molecule has 1 amide bonds. The molecule has 0 aliphatic carbocycles. The van der Waals surface area contributed by atoms with Crippen LogP contribution in [0, 0.1) is 20.8 Å². The van der Waals surface area contributed by atoms with E-state index >= 15 is 0 Å². The van der Waals surface area contributed by atoms with Gasteiger partial charge in [-0.05, 0) is 68.1 Å². The number of para-hydroxylation sites is 2. The number of fused-ring (bicyclic) bond motifs is 1. The minimum atomic E-state index is -0.0834. The van der Waals surface area contributed by atoms with Crippen molar-refractivity contribution in [3.8, 4) is 5.75 Å². The van der Waals surface area contributed by atoms with Crippen molar-refractivity contribution >= 4 is 16.9 Å². The van der Waals surface area contributed by atoms with Gasteiger partial charge in [0, 0.05) is 12.1 Å². The van der Waals surface area contributed by atoms with E-state index < -0.39 is 0 Å². The highest BCUT2D eigenvalue weighted by atomic mass is 16.5. The molecule has 164 valence electrons. The summed E-state index contributed by atoms with van der Waals surface area (Å²) in [5, 5.41) is 3.03. The van der Waals surface area contributed by atoms with Gasteiger partial charge < -0.3 is 14.6 Å². The summed E-state index contributed by atoms with van der Waals surface area (Å²) >= 11 is 0. The molecule has 0 fully saturated rings. The van der Waals surface area contributed by atoms with Crippen LogP contribution in [0.5, 0.6) is 5.75 Å². The van der Waals surface area contributed by atoms with Crippen molar-refractivity contribution in [3.63, 3.8) is 0 Å². The number of carbonyl (C=O) groups is 1. The lowest BCUT2D eigenvalue weighted by Gasteiger charge is -2.13. The van der Waals surface area contributed by atoms with Crippen molar-refractivity contribution in [3.05, 3.63) is 94.8 Å². The fourth-order valence-corrected chi connectivity index (χ4v) is 3.88. The third-order valence-corrected chi connectivity index (χ3v) is 5.87. The Morgan fingerprint density at radius 3 is 2.53 bits per heavy atom. The lowest BCUT2D eigenvalue weighted by Crippen LogP contribution is -2.25. The van der Waals surface area contributed by atoms with Gasteiger partial charge in [0.15, 0.2) is 0 Å². The minimum absolute atomic E-state index is 0.0834. The first-order chi connectivity index (χ1) is 15.5. The summed E-state index contributed by atoms with van der Waals surface area (Å²) in [5.41, 5.74) is 6.07. The highest BCUT2D eigenvalue weighted by Gasteiger charge is 2.13. The smallest absolute Gasteiger partial charge is 0.251 e. The Morgan fingerprint density at radius 1 is 0.938 bits per heavy atom. The zero-order valence-electron chi connectivity index (χ0n) is 18.9. The number of aryl methyl sites for hydroxylation is 3. The van der Waals surface area contributed by atoms with Crippen LogP contribution < -0.4 is 10.1 Å². The van der Waals surface area contributed by atoms with Crippen molar-refractivity contribution in [2.24, 2.45) is 0 Å². The first-order valence-corrected chi connectivity index (χ1v) is 11.0. The number of nitrogens with zero attached hydrogens (tertiary/aromatic N) is 2. The Balaban J connectivity index is 1.45. The number of rotatable bonds is 8. The van der Waals surface area contributed by atoms with E-state index in [-0.39, 0.29) is 5.91 Å². The minimum Gasteiger partial charge on any atom is -0.493 e. The molecule has 4 rings (SSSR count). The van der Waals surface area contributed by atoms with Gasteiger partial charge in [0.1, 0.15) is 11.6 Å². The zero-order chi connectivity index (χ0) is 22.5. The van der Waals surface area contributed by atoms with Crippen molar-refractivity contribution in [1.82, 2.24) is 14.9 Å². The van der Waals surface area contributed by atoms with E-state index in [1.807, 2.05) is 61.5 Å². The molecule has 0 unspecified atom stereocenters. The Hall–Kier alpha value is -3.60. The molecule has 0 saturated carbocycles. The fraction of sp³-hybridized carbons (Fsp3) is 0.259. The van der Waals surface area contributed by atoms with Gasteiger partial charge >= 0.3 is 0 Å². The number of hydrogen-bond acceptors (Lipinski definition) is 3. The van der Waals surface area contributed by atoms with Crippen molar-refractivity contribution in [2.75, 3.05) is 6.61 Å². The number of aromatic nitrogens is 2. The molecule has 0 atom stereocenters. The van der Waals surface area contributed by atoms with Crippen LogP contribution >= 0.6 is 0 Å². The number of imidazole rings is 1. The van der Waals surface area contributed by atoms with Crippen LogP contribution in [-0.4, -0.2) is 22.1 Å². The van der Waals surface area contributed by atoms with Gasteiger partial charge in [0.2, 0.25) is 0 Å². The van der Waals surface area contributed by atoms with Crippen LogP contribution in [0.25, 0.3) is 11.0 Å². The molecule has 0 spiro atoms. The van der Waals surface area contributed by atoms with Crippen molar-refractivity contribution in [2.45, 2.75) is 40.3 Å². The maximum Gasteiger partial charge on any atom is 0.251 e. The predicted octanol–water partition coefficient (Wildman–Crippen LogP) is 5.36. The van der Waals surface area contributed by atoms with Crippen LogP contribution in [0.15, 0.2) is 66.7 Å². The molecule has 1 heterocycles. The zero-order valence-corrected chi connectivity index (χ0v) is 18.9. The molecule has 0 bridgehead atoms. The normalized spacial score (nSPS) is 11.0. The third kappa shape index (κ3) is 4.67. The number of hydrogen-bond donors (Lipinski definition) is 1. The maximum atomic E-state index is 12.7. The van der Waals surface area contributed by atoms with Gasteiger partial charge in [0.05, 0.1) is 24.2 Å². The average molecular weight is 428 g/mol. The summed E-state index contributed by atoms with van der Waals surface area (Å²) in [5.74, 6) is 1.70. The molecule has 0 aliphatic rings. The van der Waals surface area contributed by atoms with E-state index in [0.29, 0.717) is 18.7 Å². The fourth-order valence-electron chi connectivity index (χ4n) is 3.88. The highest BCUT2D eigenvalue weighted by Crippen LogP contribution is 2.21. The van der Waals surface area contributed by atoms with E-state index in [4.69, 9.17) is 9.72 Å². The van der Waals surface area contributed by atoms with Gasteiger partial charge in [0.25, 0.3) is 5.91 Å². The summed E-state index contributed by atoms with van der Waals surface area (Å²) in [4.78, 5) is 17.4. The molecule has 0 radical (unpaired) electrons. The summed E-state index contributed by atoms with van der Waals surface area (Å²) in [7, 11) is 0. The lowest BCUT2D eigenvalue weighted by atomic mass is 10.1. The Labute approximate surface area is 189 Å². The number of benzene rings is 3. The summed E-state index contributed by atoms with van der Waals surface area (Å²) < 4.78 is 8.21. The molecule has 4 aromatic rings. The number of ether oxygens (including phenoxy) is 1. The van der Waals surface area contributed by atoms with Crippen molar-refractivity contribution < 1.29 is 9.53 Å². The van der Waals surface area contributed by atoms with Crippen LogP contribution in [0.1, 0.15) is 39.3 Å². The van der Waals surface area contributed by atoms with Crippen molar-refractivity contribution in [1.29, 1.82) is 0 Å². The highest BCUT2D eigenvalue weighted by molar-refractivity contribution is 5.95. The average Bonchev–Trinajstić information content (AvgIpc) is 3.15. The Bertz CT molecular complexity index is 1240. The van der Waals surface area contributed by atoms with E-state index in [1.54, 1.807) is 0 Å². The van der Waals surface area contributed by atoms with Gasteiger partial charge in [-0.15, -0.1) is 0 Å². The second-order valence-corrected chi connectivity index (χ2v) is 8.07. The van der Waals surface area contributed by atoms with Gasteiger partial charge in [-0.3, -0.25) is 4.79 Å². The van der Waals surface area contributed by atoms with E-state index in [9.17, 15) is 4.79 Å². The maximum absolute atomic E-state index is 12.7. The number of nitrogens with one attached hydrogen (secondary N) is 1. The molecule has 5 nitrogen and oxygen atoms in total. The van der Waals surface area contributed by atoms with Crippen LogP contribution in [0.4, 0.5) is 0 Å². The van der Waals surface area contributed by atoms with Gasteiger partial charge in [-0.2, -0.15) is 0 Å². The second kappa shape index (κ2) is 9.69. The van der Waals surface area contributed by atoms with E-state index in [1.165, 1.54) is 11.1 Å². The Morgan fingerprint density at radius 2 is 1.69 bits per heavy atom. The lowest BCUT2D eigenvalue weighted by molar-refractivity contribution is 0.0949. The standard InChI is InChI=1S/C27H29N3O2/c1-19-11-8-15-25(21(19)3)32-17-9-16-30-24-14-7-6-13-23(24)29-26(30)18-28-27(31)22-12-5-4-10-20(22)2/h4-8,10-15H,9,16-18H2,1-3H3,(H,28,31). The summed E-state index contributed by atoms with van der Waals surface area (Å²) in [6.45, 7) is 7.88. The number of carbonyl (C=O) groups excluding carboxylic acids is 1. The van der Waals surface area contributed by atoms with Gasteiger partial charge in [-0.25, -0.2) is 4.98 Å². The van der Waals surface area contributed by atoms with E-state index in [2.05, 4.69) is 35.9 Å². The van der Waals surface area contributed by atoms with E-state index in [0.717, 1.165) is 41.1 Å². The van der Waals surface area contributed by atoms with Crippen LogP contribution in [0.3, 0.4) is 0 Å². The molecular weight excluding hydrogens is 398 g/mol. The predicted molar refractivity (Wildman–Crippen MR) is 128 cm³/mol.